The summed E-state index contributed by atoms with van der Waals surface area (Å²) in [4.78, 5) is 4.52. The van der Waals surface area contributed by atoms with Crippen molar-refractivity contribution in [1.82, 2.24) is 15.2 Å². The van der Waals surface area contributed by atoms with Gasteiger partial charge in [0.15, 0.2) is 5.82 Å². The Morgan fingerprint density at radius 1 is 1.00 bits per heavy atom. The van der Waals surface area contributed by atoms with Gasteiger partial charge in [-0.05, 0) is 36.1 Å². The van der Waals surface area contributed by atoms with Gasteiger partial charge in [0.25, 0.3) is 0 Å². The SMILES string of the molecule is N[C@H](CCc1ccccc1)c1nc(Cc2ccc(Cl)cc2)n[nH]1. The average molecular weight is 327 g/mol. The topological polar surface area (TPSA) is 67.6 Å². The summed E-state index contributed by atoms with van der Waals surface area (Å²) in [5.41, 5.74) is 8.62. The van der Waals surface area contributed by atoms with E-state index in [9.17, 15) is 0 Å². The Hall–Kier alpha value is -2.17. The van der Waals surface area contributed by atoms with E-state index in [1.807, 2.05) is 42.5 Å². The Morgan fingerprint density at radius 3 is 2.48 bits per heavy atom. The maximum absolute atomic E-state index is 6.22. The smallest absolute Gasteiger partial charge is 0.155 e. The van der Waals surface area contributed by atoms with Crippen molar-refractivity contribution in [2.24, 2.45) is 5.73 Å². The third-order valence-corrected chi connectivity index (χ3v) is 4.01. The minimum absolute atomic E-state index is 0.137. The van der Waals surface area contributed by atoms with Crippen LogP contribution >= 0.6 is 11.6 Å². The highest BCUT2D eigenvalue weighted by Gasteiger charge is 2.12. The highest BCUT2D eigenvalue weighted by Crippen LogP contribution is 2.15. The molecule has 2 aromatic carbocycles. The lowest BCUT2D eigenvalue weighted by molar-refractivity contribution is 0.614. The zero-order valence-electron chi connectivity index (χ0n) is 12.7. The van der Waals surface area contributed by atoms with Crippen molar-refractivity contribution in [2.45, 2.75) is 25.3 Å². The number of benzene rings is 2. The number of hydrogen-bond acceptors (Lipinski definition) is 3. The molecule has 1 atom stereocenters. The summed E-state index contributed by atoms with van der Waals surface area (Å²) in [6.45, 7) is 0. The molecule has 0 aliphatic heterocycles. The molecule has 5 heteroatoms. The van der Waals surface area contributed by atoms with Gasteiger partial charge in [0.05, 0.1) is 6.04 Å². The maximum Gasteiger partial charge on any atom is 0.155 e. The Kier molecular flexibility index (Phi) is 5.05. The van der Waals surface area contributed by atoms with Crippen LogP contribution in [0.5, 0.6) is 0 Å². The highest BCUT2D eigenvalue weighted by atomic mass is 35.5. The van der Waals surface area contributed by atoms with Crippen molar-refractivity contribution in [3.63, 3.8) is 0 Å². The van der Waals surface area contributed by atoms with Crippen molar-refractivity contribution in [3.05, 3.63) is 82.4 Å². The number of H-pyrrole nitrogens is 1. The van der Waals surface area contributed by atoms with Crippen molar-refractivity contribution in [2.75, 3.05) is 0 Å². The van der Waals surface area contributed by atoms with Gasteiger partial charge in [-0.1, -0.05) is 54.1 Å². The van der Waals surface area contributed by atoms with Gasteiger partial charge in [-0.3, -0.25) is 5.10 Å². The molecule has 118 valence electrons. The molecule has 1 heterocycles. The number of nitrogens with zero attached hydrogens (tertiary/aromatic N) is 2. The van der Waals surface area contributed by atoms with Crippen LogP contribution in [-0.4, -0.2) is 15.2 Å². The summed E-state index contributed by atoms with van der Waals surface area (Å²) in [6, 6.07) is 17.9. The fraction of sp³-hybridized carbons (Fsp3) is 0.222. The van der Waals surface area contributed by atoms with Crippen LogP contribution in [0.25, 0.3) is 0 Å². The number of aromatic nitrogens is 3. The molecule has 0 aliphatic rings. The first kappa shape index (κ1) is 15.7. The van der Waals surface area contributed by atoms with Crippen LogP contribution in [0.1, 0.15) is 35.2 Å². The summed E-state index contributed by atoms with van der Waals surface area (Å²) < 4.78 is 0. The van der Waals surface area contributed by atoms with Crippen LogP contribution in [0, 0.1) is 0 Å². The summed E-state index contributed by atoms with van der Waals surface area (Å²) in [7, 11) is 0. The van der Waals surface area contributed by atoms with Gasteiger partial charge in [0.2, 0.25) is 0 Å². The summed E-state index contributed by atoms with van der Waals surface area (Å²) >= 11 is 5.89. The van der Waals surface area contributed by atoms with Gasteiger partial charge in [-0.2, -0.15) is 5.10 Å². The first-order valence-electron chi connectivity index (χ1n) is 7.66. The molecule has 0 saturated carbocycles. The van der Waals surface area contributed by atoms with E-state index < -0.39 is 0 Å². The molecule has 1 aromatic heterocycles. The van der Waals surface area contributed by atoms with Gasteiger partial charge in [-0.25, -0.2) is 4.98 Å². The minimum Gasteiger partial charge on any atom is -0.321 e. The van der Waals surface area contributed by atoms with Crippen molar-refractivity contribution < 1.29 is 0 Å². The number of halogens is 1. The zero-order chi connectivity index (χ0) is 16.1. The van der Waals surface area contributed by atoms with Gasteiger partial charge in [0.1, 0.15) is 5.82 Å². The molecule has 0 saturated heterocycles. The number of rotatable bonds is 6. The molecular formula is C18H19ClN4. The van der Waals surface area contributed by atoms with Crippen molar-refractivity contribution in [1.29, 1.82) is 0 Å². The maximum atomic E-state index is 6.22. The minimum atomic E-state index is -0.137. The monoisotopic (exact) mass is 326 g/mol. The molecule has 0 bridgehead atoms. The van der Waals surface area contributed by atoms with E-state index in [0.717, 1.165) is 35.1 Å². The van der Waals surface area contributed by atoms with Crippen LogP contribution in [0.3, 0.4) is 0 Å². The molecule has 3 rings (SSSR count). The quantitative estimate of drug-likeness (QED) is 0.726. The highest BCUT2D eigenvalue weighted by molar-refractivity contribution is 6.30. The fourth-order valence-electron chi connectivity index (χ4n) is 2.44. The lowest BCUT2D eigenvalue weighted by atomic mass is 10.1. The van der Waals surface area contributed by atoms with Gasteiger partial charge >= 0.3 is 0 Å². The average Bonchev–Trinajstić information content (AvgIpc) is 3.04. The predicted molar refractivity (Wildman–Crippen MR) is 92.3 cm³/mol. The largest absolute Gasteiger partial charge is 0.321 e. The summed E-state index contributed by atoms with van der Waals surface area (Å²) in [5.74, 6) is 1.49. The van der Waals surface area contributed by atoms with Crippen LogP contribution in [0.4, 0.5) is 0 Å². The molecular weight excluding hydrogens is 308 g/mol. The molecule has 3 N–H and O–H groups in total. The zero-order valence-corrected chi connectivity index (χ0v) is 13.5. The van der Waals surface area contributed by atoms with E-state index in [4.69, 9.17) is 17.3 Å². The Bertz CT molecular complexity index is 737. The molecule has 0 spiro atoms. The Labute approximate surface area is 140 Å². The molecule has 23 heavy (non-hydrogen) atoms. The van der Waals surface area contributed by atoms with Crippen LogP contribution in [-0.2, 0) is 12.8 Å². The van der Waals surface area contributed by atoms with Gasteiger partial charge in [0, 0.05) is 11.4 Å². The number of aryl methyl sites for hydroxylation is 1. The van der Waals surface area contributed by atoms with Crippen LogP contribution < -0.4 is 5.73 Å². The van der Waals surface area contributed by atoms with Gasteiger partial charge in [-0.15, -0.1) is 0 Å². The number of nitrogens with two attached hydrogens (primary N) is 1. The van der Waals surface area contributed by atoms with E-state index in [2.05, 4.69) is 27.3 Å². The van der Waals surface area contributed by atoms with Crippen molar-refractivity contribution in [3.8, 4) is 0 Å². The lowest BCUT2D eigenvalue weighted by Crippen LogP contribution is -2.13. The third-order valence-electron chi connectivity index (χ3n) is 3.76. The second-order valence-corrected chi connectivity index (χ2v) is 6.01. The standard InChI is InChI=1S/C18H19ClN4/c19-15-9-6-14(7-10-15)12-17-21-18(23-22-17)16(20)11-8-13-4-2-1-3-5-13/h1-7,9-10,16H,8,11-12,20H2,(H,21,22,23)/t16-/m1/s1. The number of aromatic amines is 1. The second kappa shape index (κ2) is 7.40. The van der Waals surface area contributed by atoms with E-state index in [1.165, 1.54) is 5.56 Å². The third kappa shape index (κ3) is 4.41. The predicted octanol–water partition coefficient (Wildman–Crippen LogP) is 3.68. The van der Waals surface area contributed by atoms with E-state index in [0.29, 0.717) is 6.42 Å². The lowest BCUT2D eigenvalue weighted by Gasteiger charge is -2.07. The Morgan fingerprint density at radius 2 is 1.74 bits per heavy atom. The first-order chi connectivity index (χ1) is 11.2. The summed E-state index contributed by atoms with van der Waals surface area (Å²) in [5, 5.41) is 7.95. The number of nitrogens with one attached hydrogen (secondary N) is 1. The second-order valence-electron chi connectivity index (χ2n) is 5.57. The molecule has 0 unspecified atom stereocenters. The van der Waals surface area contributed by atoms with E-state index in [-0.39, 0.29) is 6.04 Å². The first-order valence-corrected chi connectivity index (χ1v) is 8.03. The normalized spacial score (nSPS) is 12.3. The summed E-state index contributed by atoms with van der Waals surface area (Å²) in [6.07, 6.45) is 2.42. The van der Waals surface area contributed by atoms with Gasteiger partial charge < -0.3 is 5.73 Å². The van der Waals surface area contributed by atoms with E-state index in [1.54, 1.807) is 0 Å². The molecule has 3 aromatic rings. The Balaban J connectivity index is 1.58. The molecule has 0 amide bonds. The van der Waals surface area contributed by atoms with E-state index >= 15 is 0 Å². The fourth-order valence-corrected chi connectivity index (χ4v) is 2.57. The van der Waals surface area contributed by atoms with Crippen LogP contribution in [0.15, 0.2) is 54.6 Å². The molecule has 0 aliphatic carbocycles. The molecule has 0 radical (unpaired) electrons. The van der Waals surface area contributed by atoms with Crippen LogP contribution in [0.2, 0.25) is 5.02 Å². The molecule has 4 nitrogen and oxygen atoms in total. The molecule has 0 fully saturated rings. The number of hydrogen-bond donors (Lipinski definition) is 2. The van der Waals surface area contributed by atoms with Crippen molar-refractivity contribution >= 4 is 11.6 Å².